The van der Waals surface area contributed by atoms with Gasteiger partial charge in [0.25, 0.3) is 11.5 Å². The van der Waals surface area contributed by atoms with Crippen LogP contribution in [0.25, 0.3) is 10.2 Å². The van der Waals surface area contributed by atoms with Crippen LogP contribution in [0.3, 0.4) is 0 Å². The molecule has 0 aliphatic carbocycles. The summed E-state index contributed by atoms with van der Waals surface area (Å²) in [5.74, 6) is 0.774. The molecule has 2 aromatic rings. The van der Waals surface area contributed by atoms with Gasteiger partial charge in [0.1, 0.15) is 10.7 Å². The molecule has 0 saturated carbocycles. The van der Waals surface area contributed by atoms with Crippen LogP contribution in [0.1, 0.15) is 46.7 Å². The number of hydrogen-bond donors (Lipinski definition) is 1. The third kappa shape index (κ3) is 3.99. The summed E-state index contributed by atoms with van der Waals surface area (Å²) in [6.45, 7) is 7.70. The van der Waals surface area contributed by atoms with Crippen molar-refractivity contribution in [2.45, 2.75) is 45.6 Å². The first-order chi connectivity index (χ1) is 13.6. The minimum atomic E-state index is -0.0953. The van der Waals surface area contributed by atoms with Crippen LogP contribution in [0.2, 0.25) is 0 Å². The number of hydrogen-bond acceptors (Lipinski definition) is 6. The Morgan fingerprint density at radius 1 is 1.21 bits per heavy atom. The second kappa shape index (κ2) is 8.71. The number of carbonyl (C=O) groups is 1. The van der Waals surface area contributed by atoms with Gasteiger partial charge < -0.3 is 10.1 Å². The van der Waals surface area contributed by atoms with Gasteiger partial charge in [-0.05, 0) is 38.3 Å². The van der Waals surface area contributed by atoms with Crippen molar-refractivity contribution in [1.29, 1.82) is 0 Å². The normalized spacial score (nSPS) is 18.0. The van der Waals surface area contributed by atoms with Crippen molar-refractivity contribution in [3.63, 3.8) is 0 Å². The number of rotatable bonds is 5. The maximum Gasteiger partial charge on any atom is 0.262 e. The van der Waals surface area contributed by atoms with E-state index in [-0.39, 0.29) is 11.5 Å². The lowest BCUT2D eigenvalue weighted by Gasteiger charge is -2.26. The molecule has 7 nitrogen and oxygen atoms in total. The van der Waals surface area contributed by atoms with E-state index in [1.54, 1.807) is 0 Å². The quantitative estimate of drug-likeness (QED) is 0.771. The lowest BCUT2D eigenvalue weighted by atomic mass is 10.2. The second-order valence-corrected chi connectivity index (χ2v) is 8.59. The number of aryl methyl sites for hydroxylation is 2. The Labute approximate surface area is 168 Å². The van der Waals surface area contributed by atoms with Gasteiger partial charge in [0.2, 0.25) is 0 Å². The minimum Gasteiger partial charge on any atom is -0.379 e. The predicted molar refractivity (Wildman–Crippen MR) is 110 cm³/mol. The average Bonchev–Trinajstić information content (AvgIpc) is 2.88. The van der Waals surface area contributed by atoms with Crippen LogP contribution in [-0.2, 0) is 17.7 Å². The predicted octanol–water partition coefficient (Wildman–Crippen LogP) is 1.94. The van der Waals surface area contributed by atoms with Crippen molar-refractivity contribution in [3.8, 4) is 0 Å². The summed E-state index contributed by atoms with van der Waals surface area (Å²) in [4.78, 5) is 34.1. The molecule has 0 bridgehead atoms. The summed E-state index contributed by atoms with van der Waals surface area (Å²) in [5.41, 5.74) is 0.782. The molecule has 0 atom stereocenters. The third-order valence-electron chi connectivity index (χ3n) is 5.66. The molecule has 8 heteroatoms. The van der Waals surface area contributed by atoms with E-state index in [2.05, 4.69) is 10.2 Å². The number of thiophene rings is 1. The summed E-state index contributed by atoms with van der Waals surface area (Å²) < 4.78 is 7.17. The summed E-state index contributed by atoms with van der Waals surface area (Å²) in [5, 5.41) is 3.64. The van der Waals surface area contributed by atoms with Crippen molar-refractivity contribution >= 4 is 27.5 Å². The lowest BCUT2D eigenvalue weighted by molar-refractivity contribution is 0.0374. The molecular weight excluding hydrogens is 376 g/mol. The Kier molecular flexibility index (Phi) is 6.08. The van der Waals surface area contributed by atoms with Crippen molar-refractivity contribution in [1.82, 2.24) is 19.8 Å². The molecule has 2 aromatic heterocycles. The SMILES string of the molecule is Cc1c(C(=O)NCCCN2CCOCC2)sc2nc3n(c(=O)c12)CCCCC3. The first-order valence-electron chi connectivity index (χ1n) is 10.3. The molecule has 0 spiro atoms. The summed E-state index contributed by atoms with van der Waals surface area (Å²) >= 11 is 1.35. The molecule has 1 fully saturated rings. The van der Waals surface area contributed by atoms with Gasteiger partial charge in [-0.3, -0.25) is 19.1 Å². The van der Waals surface area contributed by atoms with Crippen LogP contribution in [-0.4, -0.2) is 59.8 Å². The molecule has 0 aromatic carbocycles. The Bertz CT molecular complexity index is 914. The van der Waals surface area contributed by atoms with E-state index in [0.29, 0.717) is 21.6 Å². The fourth-order valence-corrected chi connectivity index (χ4v) is 5.14. The number of nitrogens with one attached hydrogen (secondary N) is 1. The number of nitrogens with zero attached hydrogens (tertiary/aromatic N) is 3. The van der Waals surface area contributed by atoms with Gasteiger partial charge in [-0.25, -0.2) is 4.98 Å². The number of aromatic nitrogens is 2. The number of morpholine rings is 1. The van der Waals surface area contributed by atoms with Gasteiger partial charge in [0, 0.05) is 32.6 Å². The van der Waals surface area contributed by atoms with E-state index in [1.807, 2.05) is 11.5 Å². The van der Waals surface area contributed by atoms with Gasteiger partial charge in [-0.1, -0.05) is 6.42 Å². The standard InChI is InChI=1S/C20H28N4O3S/c1-14-16-19(22-15-6-3-2-4-9-24(15)20(16)26)28-17(14)18(25)21-7-5-8-23-10-12-27-13-11-23/h2-13H2,1H3,(H,21,25). The molecule has 152 valence electrons. The highest BCUT2D eigenvalue weighted by Crippen LogP contribution is 2.28. The van der Waals surface area contributed by atoms with Crippen LogP contribution < -0.4 is 10.9 Å². The van der Waals surface area contributed by atoms with Crippen molar-refractivity contribution < 1.29 is 9.53 Å². The van der Waals surface area contributed by atoms with Crippen molar-refractivity contribution in [2.75, 3.05) is 39.4 Å². The van der Waals surface area contributed by atoms with E-state index in [4.69, 9.17) is 9.72 Å². The van der Waals surface area contributed by atoms with Gasteiger partial charge in [0.05, 0.1) is 23.5 Å². The average molecular weight is 405 g/mol. The second-order valence-electron chi connectivity index (χ2n) is 7.60. The summed E-state index contributed by atoms with van der Waals surface area (Å²) in [6.07, 6.45) is 4.96. The Morgan fingerprint density at radius 3 is 2.86 bits per heavy atom. The highest BCUT2D eigenvalue weighted by atomic mass is 32.1. The van der Waals surface area contributed by atoms with Crippen molar-refractivity contribution in [2.24, 2.45) is 0 Å². The zero-order valence-corrected chi connectivity index (χ0v) is 17.3. The van der Waals surface area contributed by atoms with Crippen LogP contribution >= 0.6 is 11.3 Å². The van der Waals surface area contributed by atoms with E-state index >= 15 is 0 Å². The topological polar surface area (TPSA) is 76.5 Å². The monoisotopic (exact) mass is 404 g/mol. The summed E-state index contributed by atoms with van der Waals surface area (Å²) in [6, 6.07) is 0. The minimum absolute atomic E-state index is 0.0158. The van der Waals surface area contributed by atoms with E-state index in [1.165, 1.54) is 11.3 Å². The Hall–Kier alpha value is -1.77. The number of amides is 1. The highest BCUT2D eigenvalue weighted by molar-refractivity contribution is 7.20. The van der Waals surface area contributed by atoms with Crippen LogP contribution in [0.5, 0.6) is 0 Å². The number of fused-ring (bicyclic) bond motifs is 2. The van der Waals surface area contributed by atoms with E-state index in [9.17, 15) is 9.59 Å². The maximum atomic E-state index is 13.0. The molecule has 2 aliphatic heterocycles. The van der Waals surface area contributed by atoms with Gasteiger partial charge in [-0.15, -0.1) is 11.3 Å². The van der Waals surface area contributed by atoms with Crippen LogP contribution in [0, 0.1) is 6.92 Å². The summed E-state index contributed by atoms with van der Waals surface area (Å²) in [7, 11) is 0. The molecule has 4 rings (SSSR count). The molecule has 1 amide bonds. The molecule has 2 aliphatic rings. The van der Waals surface area contributed by atoms with Crippen LogP contribution in [0.15, 0.2) is 4.79 Å². The number of carbonyl (C=O) groups excluding carboxylic acids is 1. The van der Waals surface area contributed by atoms with Gasteiger partial charge in [-0.2, -0.15) is 0 Å². The van der Waals surface area contributed by atoms with E-state index in [0.717, 1.165) is 82.9 Å². The molecule has 0 unspecified atom stereocenters. The fourth-order valence-electron chi connectivity index (χ4n) is 4.04. The zero-order chi connectivity index (χ0) is 19.5. The molecule has 4 heterocycles. The molecular formula is C20H28N4O3S. The van der Waals surface area contributed by atoms with Crippen LogP contribution in [0.4, 0.5) is 0 Å². The first kappa shape index (κ1) is 19.5. The molecule has 1 saturated heterocycles. The Morgan fingerprint density at radius 2 is 2.04 bits per heavy atom. The molecule has 0 radical (unpaired) electrons. The van der Waals surface area contributed by atoms with E-state index < -0.39 is 0 Å². The van der Waals surface area contributed by atoms with Crippen molar-refractivity contribution in [3.05, 3.63) is 26.6 Å². The largest absolute Gasteiger partial charge is 0.379 e. The van der Waals surface area contributed by atoms with Gasteiger partial charge >= 0.3 is 0 Å². The Balaban J connectivity index is 1.46. The lowest BCUT2D eigenvalue weighted by Crippen LogP contribution is -2.38. The maximum absolute atomic E-state index is 13.0. The fraction of sp³-hybridized carbons (Fsp3) is 0.650. The zero-order valence-electron chi connectivity index (χ0n) is 16.5. The van der Waals surface area contributed by atoms with Gasteiger partial charge in [0.15, 0.2) is 0 Å². The first-order valence-corrected chi connectivity index (χ1v) is 11.1. The molecule has 1 N–H and O–H groups in total. The smallest absolute Gasteiger partial charge is 0.262 e. The highest BCUT2D eigenvalue weighted by Gasteiger charge is 2.22. The molecule has 28 heavy (non-hydrogen) atoms. The number of ether oxygens (including phenoxy) is 1. The third-order valence-corrected chi connectivity index (χ3v) is 6.84.